The molecule has 1 saturated heterocycles. The third kappa shape index (κ3) is 3.72. The quantitative estimate of drug-likeness (QED) is 0.860. The van der Waals surface area contributed by atoms with Crippen LogP contribution in [0.15, 0.2) is 24.3 Å². The van der Waals surface area contributed by atoms with E-state index in [0.717, 1.165) is 0 Å². The predicted octanol–water partition coefficient (Wildman–Crippen LogP) is 1.89. The van der Waals surface area contributed by atoms with Crippen molar-refractivity contribution in [3.63, 3.8) is 0 Å². The Morgan fingerprint density at radius 2 is 2.08 bits per heavy atom. The molecule has 2 amide bonds. The Hall–Kier alpha value is -2.44. The number of aliphatic carboxylic acids is 1. The fourth-order valence-corrected chi connectivity index (χ4v) is 2.83. The van der Waals surface area contributed by atoms with E-state index in [2.05, 4.69) is 0 Å². The molecule has 2 atom stereocenters. The first-order valence-corrected chi connectivity index (χ1v) is 7.92. The van der Waals surface area contributed by atoms with E-state index in [1.54, 1.807) is 13.0 Å². The summed E-state index contributed by atoms with van der Waals surface area (Å²) in [5.74, 6) is -3.00. The average Bonchev–Trinajstić information content (AvgIpc) is 2.93. The molecular weight excluding hydrogens is 315 g/mol. The van der Waals surface area contributed by atoms with E-state index in [1.807, 2.05) is 6.92 Å². The number of para-hydroxylation sites is 1. The topological polar surface area (TPSA) is 77.9 Å². The maximum Gasteiger partial charge on any atom is 0.323 e. The lowest BCUT2D eigenvalue weighted by atomic mass is 10.1. The summed E-state index contributed by atoms with van der Waals surface area (Å²) in [6, 6.07) is 5.65. The number of anilines is 1. The third-order valence-electron chi connectivity index (χ3n) is 4.33. The Labute approximate surface area is 139 Å². The van der Waals surface area contributed by atoms with Gasteiger partial charge in [0.1, 0.15) is 12.4 Å². The smallest absolute Gasteiger partial charge is 0.323 e. The molecule has 24 heavy (non-hydrogen) atoms. The lowest BCUT2D eigenvalue weighted by molar-refractivity contribution is -0.148. The Bertz CT molecular complexity index is 649. The summed E-state index contributed by atoms with van der Waals surface area (Å²) in [5.41, 5.74) is 0.145. The molecule has 0 spiro atoms. The molecule has 1 aliphatic heterocycles. The number of hydrogen-bond acceptors (Lipinski definition) is 3. The first-order valence-electron chi connectivity index (χ1n) is 7.92. The Kier molecular flexibility index (Phi) is 5.54. The minimum absolute atomic E-state index is 0.0419. The molecule has 1 aromatic rings. The molecule has 130 valence electrons. The molecule has 6 nitrogen and oxygen atoms in total. The second-order valence-corrected chi connectivity index (χ2v) is 5.97. The van der Waals surface area contributed by atoms with Gasteiger partial charge >= 0.3 is 5.97 Å². The van der Waals surface area contributed by atoms with Crippen molar-refractivity contribution >= 4 is 23.5 Å². The van der Waals surface area contributed by atoms with E-state index in [9.17, 15) is 18.8 Å². The molecule has 1 aromatic carbocycles. The standard InChI is InChI=1S/C17H21FN2O4/c1-3-11(2)19(10-16(22)23)17(24)12-8-15(21)20(9-12)14-7-5-4-6-13(14)18/h4-7,11-12H,3,8-10H2,1-2H3,(H,22,23). The summed E-state index contributed by atoms with van der Waals surface area (Å²) in [4.78, 5) is 38.4. The molecule has 0 saturated carbocycles. The van der Waals surface area contributed by atoms with Gasteiger partial charge in [-0.3, -0.25) is 14.4 Å². The molecule has 1 aliphatic rings. The Balaban J connectivity index is 2.18. The van der Waals surface area contributed by atoms with Gasteiger partial charge in [0.2, 0.25) is 11.8 Å². The highest BCUT2D eigenvalue weighted by molar-refractivity contribution is 6.00. The predicted molar refractivity (Wildman–Crippen MR) is 86.0 cm³/mol. The van der Waals surface area contributed by atoms with Gasteiger partial charge in [-0.15, -0.1) is 0 Å². The normalized spacial score (nSPS) is 18.5. The molecule has 1 heterocycles. The van der Waals surface area contributed by atoms with Crippen molar-refractivity contribution in [1.82, 2.24) is 4.90 Å². The van der Waals surface area contributed by atoms with Crippen LogP contribution in [0.25, 0.3) is 0 Å². The second-order valence-electron chi connectivity index (χ2n) is 5.97. The van der Waals surface area contributed by atoms with Crippen LogP contribution in [0.1, 0.15) is 26.7 Å². The Morgan fingerprint density at radius 1 is 1.42 bits per heavy atom. The highest BCUT2D eigenvalue weighted by atomic mass is 19.1. The second kappa shape index (κ2) is 7.42. The van der Waals surface area contributed by atoms with Crippen LogP contribution < -0.4 is 4.90 Å². The number of carboxylic acids is 1. The van der Waals surface area contributed by atoms with Gasteiger partial charge < -0.3 is 14.9 Å². The Morgan fingerprint density at radius 3 is 2.67 bits per heavy atom. The zero-order chi connectivity index (χ0) is 17.9. The summed E-state index contributed by atoms with van der Waals surface area (Å²) in [5, 5.41) is 9.02. The third-order valence-corrected chi connectivity index (χ3v) is 4.33. The van der Waals surface area contributed by atoms with E-state index >= 15 is 0 Å². The lowest BCUT2D eigenvalue weighted by Gasteiger charge is -2.29. The summed E-state index contributed by atoms with van der Waals surface area (Å²) in [7, 11) is 0. The average molecular weight is 336 g/mol. The molecule has 0 aromatic heterocycles. The first kappa shape index (κ1) is 17.9. The summed E-state index contributed by atoms with van der Waals surface area (Å²) >= 11 is 0. The van der Waals surface area contributed by atoms with Crippen LogP contribution in [0.5, 0.6) is 0 Å². The van der Waals surface area contributed by atoms with Crippen LogP contribution in [0, 0.1) is 11.7 Å². The maximum atomic E-state index is 13.9. The van der Waals surface area contributed by atoms with Crippen molar-refractivity contribution in [2.75, 3.05) is 18.0 Å². The minimum Gasteiger partial charge on any atom is -0.480 e. The van der Waals surface area contributed by atoms with Gasteiger partial charge in [0.15, 0.2) is 0 Å². The number of hydrogen-bond donors (Lipinski definition) is 1. The van der Waals surface area contributed by atoms with Crippen LogP contribution in [-0.2, 0) is 14.4 Å². The van der Waals surface area contributed by atoms with E-state index < -0.39 is 24.2 Å². The first-order chi connectivity index (χ1) is 11.3. The number of carboxylic acid groups (broad SMARTS) is 1. The van der Waals surface area contributed by atoms with Gasteiger partial charge in [-0.1, -0.05) is 19.1 Å². The SMILES string of the molecule is CCC(C)N(CC(=O)O)C(=O)C1CC(=O)N(c2ccccc2F)C1. The fraction of sp³-hybridized carbons (Fsp3) is 0.471. The summed E-state index contributed by atoms with van der Waals surface area (Å²) < 4.78 is 13.9. The van der Waals surface area contributed by atoms with Crippen molar-refractivity contribution in [1.29, 1.82) is 0 Å². The van der Waals surface area contributed by atoms with Gasteiger partial charge in [0.25, 0.3) is 0 Å². The van der Waals surface area contributed by atoms with Crippen molar-refractivity contribution < 1.29 is 23.9 Å². The van der Waals surface area contributed by atoms with Crippen LogP contribution in [0.4, 0.5) is 10.1 Å². The molecule has 2 rings (SSSR count). The van der Waals surface area contributed by atoms with Crippen molar-refractivity contribution in [3.8, 4) is 0 Å². The molecule has 0 bridgehead atoms. The number of halogens is 1. The van der Waals surface area contributed by atoms with Crippen LogP contribution in [-0.4, -0.2) is 46.9 Å². The van der Waals surface area contributed by atoms with Gasteiger partial charge in [0, 0.05) is 19.0 Å². The monoisotopic (exact) mass is 336 g/mol. The molecule has 1 N–H and O–H groups in total. The van der Waals surface area contributed by atoms with E-state index in [-0.39, 0.29) is 36.5 Å². The zero-order valence-corrected chi connectivity index (χ0v) is 13.7. The zero-order valence-electron chi connectivity index (χ0n) is 13.7. The molecule has 7 heteroatoms. The number of carbonyl (C=O) groups is 3. The highest BCUT2D eigenvalue weighted by Crippen LogP contribution is 2.28. The number of rotatable bonds is 6. The fourth-order valence-electron chi connectivity index (χ4n) is 2.83. The van der Waals surface area contributed by atoms with Crippen LogP contribution >= 0.6 is 0 Å². The minimum atomic E-state index is -1.10. The van der Waals surface area contributed by atoms with Gasteiger partial charge in [-0.2, -0.15) is 0 Å². The molecular formula is C17H21FN2O4. The van der Waals surface area contributed by atoms with Gasteiger partial charge in [0.05, 0.1) is 11.6 Å². The van der Waals surface area contributed by atoms with E-state index in [4.69, 9.17) is 5.11 Å². The molecule has 2 unspecified atom stereocenters. The molecule has 0 aliphatic carbocycles. The highest BCUT2D eigenvalue weighted by Gasteiger charge is 2.39. The van der Waals surface area contributed by atoms with Gasteiger partial charge in [-0.05, 0) is 25.5 Å². The summed E-state index contributed by atoms with van der Waals surface area (Å²) in [6.07, 6.45) is 0.566. The van der Waals surface area contributed by atoms with Crippen molar-refractivity contribution in [3.05, 3.63) is 30.1 Å². The lowest BCUT2D eigenvalue weighted by Crippen LogP contribution is -2.45. The molecule has 0 radical (unpaired) electrons. The van der Waals surface area contributed by atoms with E-state index in [1.165, 1.54) is 28.0 Å². The van der Waals surface area contributed by atoms with Gasteiger partial charge in [-0.25, -0.2) is 4.39 Å². The maximum absolute atomic E-state index is 13.9. The molecule has 1 fully saturated rings. The van der Waals surface area contributed by atoms with Crippen molar-refractivity contribution in [2.24, 2.45) is 5.92 Å². The van der Waals surface area contributed by atoms with E-state index in [0.29, 0.717) is 6.42 Å². The van der Waals surface area contributed by atoms with Crippen LogP contribution in [0.2, 0.25) is 0 Å². The number of nitrogens with zero attached hydrogens (tertiary/aromatic N) is 2. The number of amides is 2. The van der Waals surface area contributed by atoms with Crippen LogP contribution in [0.3, 0.4) is 0 Å². The largest absolute Gasteiger partial charge is 0.480 e. The van der Waals surface area contributed by atoms with Crippen molar-refractivity contribution in [2.45, 2.75) is 32.7 Å². The number of carbonyl (C=O) groups excluding carboxylic acids is 2. The number of benzene rings is 1. The summed E-state index contributed by atoms with van der Waals surface area (Å²) in [6.45, 7) is 3.29.